The van der Waals surface area contributed by atoms with Crippen molar-refractivity contribution in [3.8, 4) is 0 Å². The Balaban J connectivity index is 2.40. The predicted octanol–water partition coefficient (Wildman–Crippen LogP) is 4.80. The van der Waals surface area contributed by atoms with Crippen LogP contribution in [0, 0.1) is 17.0 Å². The molecule has 0 fully saturated rings. The zero-order chi connectivity index (χ0) is 14.0. The summed E-state index contributed by atoms with van der Waals surface area (Å²) in [6.45, 7) is 1.91. The minimum absolute atomic E-state index is 0.0822. The predicted molar refractivity (Wildman–Crippen MR) is 77.1 cm³/mol. The number of nitro groups is 1. The van der Waals surface area contributed by atoms with Gasteiger partial charge in [-0.3, -0.25) is 10.1 Å². The third kappa shape index (κ3) is 3.25. The highest BCUT2D eigenvalue weighted by molar-refractivity contribution is 6.33. The lowest BCUT2D eigenvalue weighted by Gasteiger charge is -2.08. The van der Waals surface area contributed by atoms with Crippen LogP contribution in [0.25, 0.3) is 0 Å². The lowest BCUT2D eigenvalue weighted by molar-refractivity contribution is -0.384. The third-order valence-corrected chi connectivity index (χ3v) is 3.54. The number of rotatable bonds is 3. The van der Waals surface area contributed by atoms with Crippen molar-refractivity contribution < 1.29 is 4.92 Å². The van der Waals surface area contributed by atoms with Gasteiger partial charge < -0.3 is 0 Å². The Morgan fingerprint density at radius 1 is 1.11 bits per heavy atom. The molecule has 0 aliphatic carbocycles. The molecule has 0 radical (unpaired) electrons. The largest absolute Gasteiger partial charge is 0.269 e. The second-order valence-electron chi connectivity index (χ2n) is 4.28. The number of halogens is 2. The fraction of sp³-hybridized carbons (Fsp3) is 0.143. The zero-order valence-electron chi connectivity index (χ0n) is 10.2. The van der Waals surface area contributed by atoms with Gasteiger partial charge in [-0.15, -0.1) is 0 Å². The molecule has 3 nitrogen and oxygen atoms in total. The van der Waals surface area contributed by atoms with Crippen molar-refractivity contribution in [1.82, 2.24) is 0 Å². The minimum atomic E-state index is -0.400. The number of non-ortho nitro benzene ring substituents is 1. The molecule has 0 saturated carbocycles. The normalized spacial score (nSPS) is 10.5. The number of nitrogens with zero attached hydrogens (tertiary/aromatic N) is 1. The molecule has 2 rings (SSSR count). The molecule has 0 N–H and O–H groups in total. The van der Waals surface area contributed by atoms with Crippen LogP contribution in [0.4, 0.5) is 5.69 Å². The Hall–Kier alpha value is -1.58. The van der Waals surface area contributed by atoms with Crippen molar-refractivity contribution in [3.05, 3.63) is 73.2 Å². The van der Waals surface area contributed by atoms with Gasteiger partial charge in [-0.1, -0.05) is 29.3 Å². The smallest absolute Gasteiger partial charge is 0.258 e. The van der Waals surface area contributed by atoms with Crippen LogP contribution in [-0.4, -0.2) is 4.92 Å². The molecule has 0 amide bonds. The van der Waals surface area contributed by atoms with Crippen LogP contribution in [-0.2, 0) is 6.42 Å². The van der Waals surface area contributed by atoms with Gasteiger partial charge in [0, 0.05) is 22.2 Å². The molecule has 0 saturated heterocycles. The van der Waals surface area contributed by atoms with E-state index in [2.05, 4.69) is 0 Å². The van der Waals surface area contributed by atoms with E-state index in [9.17, 15) is 10.1 Å². The summed E-state index contributed by atoms with van der Waals surface area (Å²) in [5.41, 5.74) is 2.80. The fourth-order valence-corrected chi connectivity index (χ4v) is 2.22. The van der Waals surface area contributed by atoms with Crippen LogP contribution in [0.1, 0.15) is 16.7 Å². The van der Waals surface area contributed by atoms with E-state index in [0.717, 1.165) is 16.7 Å². The third-order valence-electron chi connectivity index (χ3n) is 2.93. The highest BCUT2D eigenvalue weighted by Crippen LogP contribution is 2.26. The summed E-state index contributed by atoms with van der Waals surface area (Å²) in [5.74, 6) is 0. The van der Waals surface area contributed by atoms with Gasteiger partial charge in [0.15, 0.2) is 0 Å². The Morgan fingerprint density at radius 2 is 1.84 bits per heavy atom. The summed E-state index contributed by atoms with van der Waals surface area (Å²) < 4.78 is 0. The summed E-state index contributed by atoms with van der Waals surface area (Å²) in [6.07, 6.45) is 0.521. The molecule has 98 valence electrons. The second-order valence-corrected chi connectivity index (χ2v) is 5.12. The van der Waals surface area contributed by atoms with E-state index in [1.54, 1.807) is 30.3 Å². The van der Waals surface area contributed by atoms with E-state index >= 15 is 0 Å². The van der Waals surface area contributed by atoms with Crippen LogP contribution in [0.2, 0.25) is 10.0 Å². The molecule has 5 heteroatoms. The summed E-state index contributed by atoms with van der Waals surface area (Å²) in [5, 5.41) is 12.0. The summed E-state index contributed by atoms with van der Waals surface area (Å²) >= 11 is 12.0. The average Bonchev–Trinajstić information content (AvgIpc) is 2.36. The molecule has 0 bridgehead atoms. The number of benzene rings is 2. The van der Waals surface area contributed by atoms with Crippen molar-refractivity contribution in [2.45, 2.75) is 13.3 Å². The fourth-order valence-electron chi connectivity index (χ4n) is 1.85. The monoisotopic (exact) mass is 295 g/mol. The molecule has 0 aromatic heterocycles. The molecule has 2 aromatic carbocycles. The summed E-state index contributed by atoms with van der Waals surface area (Å²) in [7, 11) is 0. The van der Waals surface area contributed by atoms with Crippen molar-refractivity contribution in [1.29, 1.82) is 0 Å². The van der Waals surface area contributed by atoms with E-state index in [0.29, 0.717) is 16.5 Å². The van der Waals surface area contributed by atoms with Gasteiger partial charge >= 0.3 is 0 Å². The number of nitro benzene ring substituents is 1. The molecule has 19 heavy (non-hydrogen) atoms. The Labute approximate surface area is 120 Å². The molecule has 0 heterocycles. The van der Waals surface area contributed by atoms with Gasteiger partial charge in [-0.2, -0.15) is 0 Å². The quantitative estimate of drug-likeness (QED) is 0.603. The summed E-state index contributed by atoms with van der Waals surface area (Å²) in [6, 6.07) is 10.0. The molecular weight excluding hydrogens is 285 g/mol. The number of aryl methyl sites for hydroxylation is 1. The summed E-state index contributed by atoms with van der Waals surface area (Å²) in [4.78, 5) is 10.4. The first-order valence-corrected chi connectivity index (χ1v) is 6.41. The van der Waals surface area contributed by atoms with E-state index in [1.165, 1.54) is 6.07 Å². The van der Waals surface area contributed by atoms with Crippen molar-refractivity contribution in [3.63, 3.8) is 0 Å². The Kier molecular flexibility index (Phi) is 4.08. The first-order valence-electron chi connectivity index (χ1n) is 5.65. The second kappa shape index (κ2) is 5.59. The van der Waals surface area contributed by atoms with Gasteiger partial charge in [0.05, 0.1) is 4.92 Å². The maximum Gasteiger partial charge on any atom is 0.269 e. The van der Waals surface area contributed by atoms with Crippen LogP contribution < -0.4 is 0 Å². The maximum atomic E-state index is 10.8. The van der Waals surface area contributed by atoms with Gasteiger partial charge in [-0.25, -0.2) is 0 Å². The SMILES string of the molecule is Cc1ccc([N+](=O)[O-])cc1Cc1cc(Cl)ccc1Cl. The molecule has 2 aromatic rings. The van der Waals surface area contributed by atoms with Crippen LogP contribution in [0.5, 0.6) is 0 Å². The molecule has 0 spiro atoms. The molecule has 0 aliphatic heterocycles. The lowest BCUT2D eigenvalue weighted by atomic mass is 10.00. The minimum Gasteiger partial charge on any atom is -0.258 e. The van der Waals surface area contributed by atoms with Crippen LogP contribution in [0.15, 0.2) is 36.4 Å². The van der Waals surface area contributed by atoms with Gasteiger partial charge in [0.2, 0.25) is 0 Å². The maximum absolute atomic E-state index is 10.8. The lowest BCUT2D eigenvalue weighted by Crippen LogP contribution is -1.96. The highest BCUT2D eigenvalue weighted by atomic mass is 35.5. The Bertz CT molecular complexity index is 641. The highest BCUT2D eigenvalue weighted by Gasteiger charge is 2.10. The standard InChI is InChI=1S/C14H11Cl2NO2/c1-9-2-4-13(17(18)19)8-10(9)6-11-7-12(15)3-5-14(11)16/h2-5,7-8H,6H2,1H3. The molecule has 0 aliphatic rings. The van der Waals surface area contributed by atoms with Crippen molar-refractivity contribution >= 4 is 28.9 Å². The number of hydrogen-bond acceptors (Lipinski definition) is 2. The number of hydrogen-bond donors (Lipinski definition) is 0. The first kappa shape index (κ1) is 13.8. The van der Waals surface area contributed by atoms with Crippen LogP contribution in [0.3, 0.4) is 0 Å². The van der Waals surface area contributed by atoms with Gasteiger partial charge in [0.25, 0.3) is 5.69 Å². The van der Waals surface area contributed by atoms with Crippen LogP contribution >= 0.6 is 23.2 Å². The molecule has 0 unspecified atom stereocenters. The topological polar surface area (TPSA) is 43.1 Å². The van der Waals surface area contributed by atoms with Gasteiger partial charge in [-0.05, 0) is 48.2 Å². The van der Waals surface area contributed by atoms with Crippen molar-refractivity contribution in [2.75, 3.05) is 0 Å². The Morgan fingerprint density at radius 3 is 2.53 bits per heavy atom. The first-order chi connectivity index (χ1) is 8.97. The van der Waals surface area contributed by atoms with E-state index in [-0.39, 0.29) is 5.69 Å². The van der Waals surface area contributed by atoms with E-state index in [4.69, 9.17) is 23.2 Å². The average molecular weight is 296 g/mol. The molecular formula is C14H11Cl2NO2. The van der Waals surface area contributed by atoms with E-state index < -0.39 is 4.92 Å². The molecule has 0 atom stereocenters. The van der Waals surface area contributed by atoms with E-state index in [1.807, 2.05) is 6.92 Å². The zero-order valence-corrected chi connectivity index (χ0v) is 11.7. The van der Waals surface area contributed by atoms with Gasteiger partial charge in [0.1, 0.15) is 0 Å². The van der Waals surface area contributed by atoms with Crippen molar-refractivity contribution in [2.24, 2.45) is 0 Å².